The van der Waals surface area contributed by atoms with Gasteiger partial charge in [-0.05, 0) is 27.7 Å². The Morgan fingerprint density at radius 2 is 1.95 bits per heavy atom. The van der Waals surface area contributed by atoms with Gasteiger partial charge in [-0.3, -0.25) is 4.90 Å². The van der Waals surface area contributed by atoms with Gasteiger partial charge in [-0.25, -0.2) is 9.78 Å². The molecule has 0 aliphatic heterocycles. The molecular formula is C15H24N2O3S. The molecule has 0 saturated carbocycles. The first-order chi connectivity index (χ1) is 9.51. The van der Waals surface area contributed by atoms with Crippen molar-refractivity contribution < 1.29 is 14.3 Å². The van der Waals surface area contributed by atoms with Crippen LogP contribution in [0.5, 0.6) is 0 Å². The summed E-state index contributed by atoms with van der Waals surface area (Å²) in [7, 11) is 1.57. The first kappa shape index (κ1) is 17.6. The quantitative estimate of drug-likeness (QED) is 0.798. The van der Waals surface area contributed by atoms with Crippen molar-refractivity contribution in [2.45, 2.75) is 58.6 Å². The van der Waals surface area contributed by atoms with E-state index in [1.54, 1.807) is 40.9 Å². The average Bonchev–Trinajstić information content (AvgIpc) is 2.85. The number of ether oxygens (including phenoxy) is 1. The lowest BCUT2D eigenvalue weighted by Crippen LogP contribution is -2.47. The number of carbonyl (C=O) groups excluding carboxylic acids is 2. The number of hydrogen-bond donors (Lipinski definition) is 0. The highest BCUT2D eigenvalue weighted by atomic mass is 32.1. The molecule has 1 heterocycles. The van der Waals surface area contributed by atoms with Crippen molar-refractivity contribution in [3.05, 3.63) is 16.1 Å². The van der Waals surface area contributed by atoms with Crippen molar-refractivity contribution >= 4 is 23.7 Å². The van der Waals surface area contributed by atoms with Gasteiger partial charge in [-0.2, -0.15) is 0 Å². The van der Waals surface area contributed by atoms with Gasteiger partial charge in [-0.15, -0.1) is 11.3 Å². The fourth-order valence-corrected chi connectivity index (χ4v) is 2.67. The van der Waals surface area contributed by atoms with Crippen LogP contribution in [0.15, 0.2) is 6.20 Å². The van der Waals surface area contributed by atoms with Crippen LogP contribution in [0.2, 0.25) is 0 Å². The van der Waals surface area contributed by atoms with Gasteiger partial charge in [0.1, 0.15) is 11.1 Å². The minimum absolute atomic E-state index is 0.284. The molecular weight excluding hydrogens is 288 g/mol. The average molecular weight is 312 g/mol. The van der Waals surface area contributed by atoms with Crippen LogP contribution in [-0.4, -0.2) is 34.9 Å². The van der Waals surface area contributed by atoms with Gasteiger partial charge in [-0.1, -0.05) is 13.8 Å². The standard InChI is InChI=1S/C15H24N2O3S/c1-10(2)12-16-8-11(21-12)15(6,9-18)17(7)13(19)20-14(3,4)5/h8-10H,1-7H3. The topological polar surface area (TPSA) is 59.5 Å². The van der Waals surface area contributed by atoms with Crippen LogP contribution < -0.4 is 0 Å². The van der Waals surface area contributed by atoms with Crippen molar-refractivity contribution in [3.8, 4) is 0 Å². The van der Waals surface area contributed by atoms with Crippen molar-refractivity contribution in [3.63, 3.8) is 0 Å². The van der Waals surface area contributed by atoms with Crippen LogP contribution in [-0.2, 0) is 15.1 Å². The van der Waals surface area contributed by atoms with E-state index in [1.165, 1.54) is 16.2 Å². The van der Waals surface area contributed by atoms with Crippen LogP contribution in [0.25, 0.3) is 0 Å². The van der Waals surface area contributed by atoms with Gasteiger partial charge < -0.3 is 9.53 Å². The number of aromatic nitrogens is 1. The third-order valence-corrected chi connectivity index (χ3v) is 4.63. The van der Waals surface area contributed by atoms with Crippen molar-refractivity contribution in [1.82, 2.24) is 9.88 Å². The second-order valence-corrected chi connectivity index (χ2v) is 7.58. The number of carbonyl (C=O) groups is 2. The Kier molecular flexibility index (Phi) is 5.15. The lowest BCUT2D eigenvalue weighted by Gasteiger charge is -2.34. The van der Waals surface area contributed by atoms with E-state index in [0.29, 0.717) is 0 Å². The Morgan fingerprint density at radius 3 is 2.33 bits per heavy atom. The highest BCUT2D eigenvalue weighted by molar-refractivity contribution is 7.12. The number of nitrogens with zero attached hydrogens (tertiary/aromatic N) is 2. The zero-order chi connectivity index (χ0) is 16.4. The molecule has 6 heteroatoms. The summed E-state index contributed by atoms with van der Waals surface area (Å²) in [6.07, 6.45) is 1.89. The number of likely N-dealkylation sites (N-methyl/N-ethyl adjacent to an activating group) is 1. The summed E-state index contributed by atoms with van der Waals surface area (Å²) in [6.45, 7) is 11.2. The minimum Gasteiger partial charge on any atom is -0.444 e. The van der Waals surface area contributed by atoms with E-state index in [0.717, 1.165) is 16.2 Å². The molecule has 0 radical (unpaired) electrons. The van der Waals surface area contributed by atoms with Gasteiger partial charge in [0.15, 0.2) is 6.29 Å². The maximum Gasteiger partial charge on any atom is 0.411 e. The van der Waals surface area contributed by atoms with Crippen molar-refractivity contribution in [2.24, 2.45) is 0 Å². The fraction of sp³-hybridized carbons (Fsp3) is 0.667. The summed E-state index contributed by atoms with van der Waals surface area (Å²) in [5.74, 6) is 0.284. The Bertz CT molecular complexity index is 519. The molecule has 21 heavy (non-hydrogen) atoms. The first-order valence-corrected chi connectivity index (χ1v) is 7.72. The molecule has 0 bridgehead atoms. The largest absolute Gasteiger partial charge is 0.444 e. The van der Waals surface area contributed by atoms with E-state index in [4.69, 9.17) is 4.74 Å². The van der Waals surface area contributed by atoms with Crippen LogP contribution in [0.1, 0.15) is 57.3 Å². The molecule has 1 aromatic rings. The van der Waals surface area contributed by atoms with Gasteiger partial charge in [0.25, 0.3) is 0 Å². The summed E-state index contributed by atoms with van der Waals surface area (Å²) in [6, 6.07) is 0. The lowest BCUT2D eigenvalue weighted by molar-refractivity contribution is -0.117. The lowest BCUT2D eigenvalue weighted by atomic mass is 10.0. The zero-order valence-electron chi connectivity index (χ0n) is 13.8. The predicted molar refractivity (Wildman–Crippen MR) is 83.6 cm³/mol. The van der Waals surface area contributed by atoms with Gasteiger partial charge in [0.05, 0.1) is 9.88 Å². The highest BCUT2D eigenvalue weighted by Crippen LogP contribution is 2.33. The van der Waals surface area contributed by atoms with Crippen molar-refractivity contribution in [2.75, 3.05) is 7.05 Å². The first-order valence-electron chi connectivity index (χ1n) is 6.90. The SMILES string of the molecule is CC(C)c1ncc(C(C)(C=O)N(C)C(=O)OC(C)(C)C)s1. The highest BCUT2D eigenvalue weighted by Gasteiger charge is 2.38. The maximum absolute atomic E-state index is 12.2. The normalized spacial score (nSPS) is 14.7. The molecule has 0 fully saturated rings. The van der Waals surface area contributed by atoms with E-state index in [9.17, 15) is 9.59 Å². The molecule has 0 aromatic carbocycles. The zero-order valence-corrected chi connectivity index (χ0v) is 14.6. The Hall–Kier alpha value is -1.43. The second kappa shape index (κ2) is 6.13. The summed E-state index contributed by atoms with van der Waals surface area (Å²) >= 11 is 1.44. The molecule has 5 nitrogen and oxygen atoms in total. The Balaban J connectivity index is 3.07. The number of aldehydes is 1. The molecule has 1 amide bonds. The van der Waals surface area contributed by atoms with Gasteiger partial charge >= 0.3 is 6.09 Å². The van der Waals surface area contributed by atoms with Crippen LogP contribution >= 0.6 is 11.3 Å². The van der Waals surface area contributed by atoms with Crippen LogP contribution in [0.3, 0.4) is 0 Å². The molecule has 1 unspecified atom stereocenters. The molecule has 0 aliphatic carbocycles. The van der Waals surface area contributed by atoms with E-state index in [-0.39, 0.29) is 5.92 Å². The van der Waals surface area contributed by atoms with E-state index in [1.807, 2.05) is 13.8 Å². The van der Waals surface area contributed by atoms with Crippen LogP contribution in [0, 0.1) is 0 Å². The summed E-state index contributed by atoms with van der Waals surface area (Å²) in [5.41, 5.74) is -1.68. The van der Waals surface area contributed by atoms with Gasteiger partial charge in [0.2, 0.25) is 0 Å². The number of hydrogen-bond acceptors (Lipinski definition) is 5. The smallest absolute Gasteiger partial charge is 0.411 e. The van der Waals surface area contributed by atoms with Crippen molar-refractivity contribution in [1.29, 1.82) is 0 Å². The molecule has 1 aromatic heterocycles. The third kappa shape index (κ3) is 4.03. The van der Waals surface area contributed by atoms with E-state index in [2.05, 4.69) is 4.98 Å². The number of thiazole rings is 1. The predicted octanol–water partition coefficient (Wildman–Crippen LogP) is 3.55. The van der Waals surface area contributed by atoms with Gasteiger partial charge in [0, 0.05) is 19.2 Å². The Labute approximate surface area is 130 Å². The third-order valence-electron chi connectivity index (χ3n) is 3.11. The summed E-state index contributed by atoms with van der Waals surface area (Å²) < 4.78 is 5.34. The molecule has 118 valence electrons. The monoisotopic (exact) mass is 312 g/mol. The number of rotatable bonds is 4. The molecule has 0 aliphatic rings. The summed E-state index contributed by atoms with van der Waals surface area (Å²) in [5, 5.41) is 0.940. The molecule has 0 saturated heterocycles. The second-order valence-electron chi connectivity index (χ2n) is 6.52. The van der Waals surface area contributed by atoms with E-state index < -0.39 is 17.2 Å². The molecule has 0 spiro atoms. The minimum atomic E-state index is -1.08. The molecule has 1 rings (SSSR count). The fourth-order valence-electron chi connectivity index (χ4n) is 1.61. The molecule has 1 atom stereocenters. The maximum atomic E-state index is 12.2. The summed E-state index contributed by atoms with van der Waals surface area (Å²) in [4.78, 5) is 30.2. The molecule has 0 N–H and O–H groups in total. The van der Waals surface area contributed by atoms with E-state index >= 15 is 0 Å². The Morgan fingerprint density at radius 1 is 1.38 bits per heavy atom. The number of amides is 1. The van der Waals surface area contributed by atoms with Crippen LogP contribution in [0.4, 0.5) is 4.79 Å².